The molecule has 5 rings (SSSR count). The van der Waals surface area contributed by atoms with Crippen molar-refractivity contribution >= 4 is 16.9 Å². The Balaban J connectivity index is 1.62. The average Bonchev–Trinajstić information content (AvgIpc) is 3.22. The smallest absolute Gasteiger partial charge is 0.308 e. The molecule has 1 aliphatic heterocycles. The molecule has 0 aliphatic carbocycles. The number of carbonyl (C=O) groups excluding carboxylic acids is 1. The van der Waals surface area contributed by atoms with E-state index in [4.69, 9.17) is 14.8 Å². The largest absolute Gasteiger partial charge is 0.462 e. The van der Waals surface area contributed by atoms with Crippen LogP contribution in [0.3, 0.4) is 0 Å². The van der Waals surface area contributed by atoms with Gasteiger partial charge in [0.2, 0.25) is 0 Å². The number of nitrogens with zero attached hydrogens (tertiary/aromatic N) is 3. The number of pyridine rings is 1. The summed E-state index contributed by atoms with van der Waals surface area (Å²) in [6.45, 7) is 4.17. The van der Waals surface area contributed by atoms with E-state index in [0.29, 0.717) is 25.1 Å². The fourth-order valence-corrected chi connectivity index (χ4v) is 4.76. The quantitative estimate of drug-likeness (QED) is 0.382. The third kappa shape index (κ3) is 4.82. The number of halogens is 1. The van der Waals surface area contributed by atoms with E-state index < -0.39 is 6.10 Å². The lowest BCUT2D eigenvalue weighted by atomic mass is 9.93. The van der Waals surface area contributed by atoms with E-state index in [1.165, 1.54) is 12.1 Å². The lowest BCUT2D eigenvalue weighted by molar-refractivity contribution is -0.160. The molecule has 1 fully saturated rings. The molecule has 7 heteroatoms. The molecule has 1 aliphatic rings. The van der Waals surface area contributed by atoms with Gasteiger partial charge in [-0.3, -0.25) is 4.79 Å². The van der Waals surface area contributed by atoms with Crippen LogP contribution in [0, 0.1) is 5.82 Å². The van der Waals surface area contributed by atoms with Crippen LogP contribution in [0.1, 0.15) is 50.3 Å². The summed E-state index contributed by atoms with van der Waals surface area (Å²) in [5.41, 5.74) is 4.47. The normalized spacial score (nSPS) is 18.3. The third-order valence-corrected chi connectivity index (χ3v) is 6.43. The van der Waals surface area contributed by atoms with Crippen LogP contribution in [-0.4, -0.2) is 38.0 Å². The zero-order valence-corrected chi connectivity index (χ0v) is 19.8. The lowest BCUT2D eigenvalue weighted by Crippen LogP contribution is -2.32. The van der Waals surface area contributed by atoms with Crippen molar-refractivity contribution < 1.29 is 19.0 Å². The van der Waals surface area contributed by atoms with Crippen LogP contribution in [0.15, 0.2) is 60.7 Å². The minimum atomic E-state index is -0.674. The highest BCUT2D eigenvalue weighted by molar-refractivity contribution is 5.79. The molecule has 2 atom stereocenters. The van der Waals surface area contributed by atoms with Crippen LogP contribution in [0.5, 0.6) is 0 Å². The van der Waals surface area contributed by atoms with Gasteiger partial charge >= 0.3 is 5.97 Å². The molecular weight excluding hydrogens is 445 g/mol. The van der Waals surface area contributed by atoms with E-state index in [2.05, 4.69) is 13.8 Å². The molecule has 4 aromatic rings. The monoisotopic (exact) mass is 473 g/mol. The molecule has 180 valence electrons. The number of ether oxygens (including phenoxy) is 1. The highest BCUT2D eigenvalue weighted by atomic mass is 19.1. The lowest BCUT2D eigenvalue weighted by Gasteiger charge is -2.26. The van der Waals surface area contributed by atoms with Gasteiger partial charge < -0.3 is 9.84 Å². The Kier molecular flexibility index (Phi) is 6.34. The van der Waals surface area contributed by atoms with Gasteiger partial charge in [0, 0.05) is 22.9 Å². The van der Waals surface area contributed by atoms with Crippen molar-refractivity contribution in [3.05, 3.63) is 77.7 Å². The summed E-state index contributed by atoms with van der Waals surface area (Å²) < 4.78 is 21.1. The van der Waals surface area contributed by atoms with Gasteiger partial charge in [-0.15, -0.1) is 0 Å². The number of benzene rings is 2. The number of para-hydroxylation sites is 1. The molecule has 0 unspecified atom stereocenters. The molecule has 1 N–H and O–H groups in total. The summed E-state index contributed by atoms with van der Waals surface area (Å²) in [4.78, 5) is 16.7. The van der Waals surface area contributed by atoms with Crippen LogP contribution in [0.25, 0.3) is 28.0 Å². The Morgan fingerprint density at radius 2 is 1.89 bits per heavy atom. The van der Waals surface area contributed by atoms with Crippen molar-refractivity contribution in [3.8, 4) is 17.1 Å². The third-order valence-electron chi connectivity index (χ3n) is 6.43. The van der Waals surface area contributed by atoms with Gasteiger partial charge in [0.05, 0.1) is 29.4 Å². The Hall–Kier alpha value is -3.58. The first kappa shape index (κ1) is 23.2. The Bertz CT molecular complexity index is 1360. The molecule has 6 nitrogen and oxygen atoms in total. The second-order valence-corrected chi connectivity index (χ2v) is 9.39. The number of carbonyl (C=O) groups is 1. The van der Waals surface area contributed by atoms with Crippen molar-refractivity contribution in [1.82, 2.24) is 14.8 Å². The van der Waals surface area contributed by atoms with Gasteiger partial charge in [0.25, 0.3) is 0 Å². The van der Waals surface area contributed by atoms with Crippen LogP contribution in [0.2, 0.25) is 0 Å². The maximum Gasteiger partial charge on any atom is 0.308 e. The fourth-order valence-electron chi connectivity index (χ4n) is 4.76. The van der Waals surface area contributed by atoms with Gasteiger partial charge in [-0.05, 0) is 61.2 Å². The number of hydrogen-bond acceptors (Lipinski definition) is 5. The molecule has 2 aromatic carbocycles. The van der Waals surface area contributed by atoms with Crippen molar-refractivity contribution in [1.29, 1.82) is 0 Å². The second-order valence-electron chi connectivity index (χ2n) is 9.39. The number of aliphatic hydroxyl groups is 1. The summed E-state index contributed by atoms with van der Waals surface area (Å²) in [6, 6.07) is 18.3. The van der Waals surface area contributed by atoms with E-state index in [0.717, 1.165) is 33.4 Å². The van der Waals surface area contributed by atoms with Gasteiger partial charge in [-0.1, -0.05) is 32.0 Å². The second kappa shape index (κ2) is 9.58. The predicted octanol–water partition coefficient (Wildman–Crippen LogP) is 5.35. The molecule has 2 aromatic heterocycles. The number of fused-ring (bicyclic) bond motifs is 1. The zero-order valence-electron chi connectivity index (χ0n) is 19.8. The first-order chi connectivity index (χ1) is 16.9. The standard InChI is InChI=1S/C28H28FN3O3/c1-17(2)27-23(13-12-22-15-21(33)16-26(34)35-22)28(19-7-10-20(29)11-8-19)32(31-27)25-14-9-18-5-3-4-6-24(18)30-25/h3-11,14,17,21-22,33H,12-13,15-16H2,1-2H3/t21-,22-/m0/s1. The van der Waals surface area contributed by atoms with E-state index in [1.54, 1.807) is 12.1 Å². The molecule has 0 bridgehead atoms. The van der Waals surface area contributed by atoms with E-state index in [9.17, 15) is 14.3 Å². The first-order valence-corrected chi connectivity index (χ1v) is 12.0. The van der Waals surface area contributed by atoms with Crippen LogP contribution < -0.4 is 0 Å². The van der Waals surface area contributed by atoms with Gasteiger partial charge in [-0.25, -0.2) is 14.1 Å². The fraction of sp³-hybridized carbons (Fsp3) is 0.321. The van der Waals surface area contributed by atoms with Gasteiger partial charge in [-0.2, -0.15) is 5.10 Å². The van der Waals surface area contributed by atoms with Crippen LogP contribution in [-0.2, 0) is 16.0 Å². The molecule has 1 saturated heterocycles. The molecule has 0 amide bonds. The van der Waals surface area contributed by atoms with Crippen molar-refractivity contribution in [2.45, 2.75) is 57.7 Å². The molecule has 35 heavy (non-hydrogen) atoms. The maximum absolute atomic E-state index is 13.8. The molecular formula is C28H28FN3O3. The van der Waals surface area contributed by atoms with Crippen LogP contribution >= 0.6 is 0 Å². The highest BCUT2D eigenvalue weighted by Gasteiger charge is 2.29. The molecule has 3 heterocycles. The molecule has 0 radical (unpaired) electrons. The maximum atomic E-state index is 13.8. The Labute approximate surface area is 203 Å². The summed E-state index contributed by atoms with van der Waals surface area (Å²) in [6.07, 6.45) is 0.600. The van der Waals surface area contributed by atoms with Gasteiger partial charge in [0.15, 0.2) is 5.82 Å². The zero-order chi connectivity index (χ0) is 24.5. The van der Waals surface area contributed by atoms with Crippen LogP contribution in [0.4, 0.5) is 4.39 Å². The van der Waals surface area contributed by atoms with Crippen molar-refractivity contribution in [2.24, 2.45) is 0 Å². The Morgan fingerprint density at radius 3 is 2.63 bits per heavy atom. The Morgan fingerprint density at radius 1 is 1.11 bits per heavy atom. The number of cyclic esters (lactones) is 1. The van der Waals surface area contributed by atoms with E-state index >= 15 is 0 Å². The minimum Gasteiger partial charge on any atom is -0.462 e. The summed E-state index contributed by atoms with van der Waals surface area (Å²) >= 11 is 0. The SMILES string of the molecule is CC(C)c1nn(-c2ccc3ccccc3n2)c(-c2ccc(F)cc2)c1CC[C@H]1C[C@H](O)CC(=O)O1. The number of esters is 1. The summed E-state index contributed by atoms with van der Waals surface area (Å²) in [5.74, 6) is 0.131. The topological polar surface area (TPSA) is 77.2 Å². The number of hydrogen-bond donors (Lipinski definition) is 1. The summed E-state index contributed by atoms with van der Waals surface area (Å²) in [7, 11) is 0. The summed E-state index contributed by atoms with van der Waals surface area (Å²) in [5, 5.41) is 16.0. The molecule has 0 spiro atoms. The number of rotatable bonds is 6. The molecule has 0 saturated carbocycles. The van der Waals surface area contributed by atoms with Gasteiger partial charge in [0.1, 0.15) is 11.9 Å². The number of aromatic nitrogens is 3. The predicted molar refractivity (Wildman–Crippen MR) is 132 cm³/mol. The van der Waals surface area contributed by atoms with E-state index in [-0.39, 0.29) is 30.2 Å². The highest BCUT2D eigenvalue weighted by Crippen LogP contribution is 2.34. The van der Waals surface area contributed by atoms with Crippen molar-refractivity contribution in [2.75, 3.05) is 0 Å². The number of aliphatic hydroxyl groups excluding tert-OH is 1. The average molecular weight is 474 g/mol. The minimum absolute atomic E-state index is 0.0418. The van der Waals surface area contributed by atoms with Crippen molar-refractivity contribution in [3.63, 3.8) is 0 Å². The van der Waals surface area contributed by atoms with E-state index in [1.807, 2.05) is 41.1 Å². The first-order valence-electron chi connectivity index (χ1n) is 12.0.